The van der Waals surface area contributed by atoms with E-state index in [1.807, 2.05) is 0 Å². The van der Waals surface area contributed by atoms with Gasteiger partial charge in [0.1, 0.15) is 0 Å². The molecule has 48 valence electrons. The van der Waals surface area contributed by atoms with Gasteiger partial charge in [0.05, 0.1) is 0 Å². The second-order valence-corrected chi connectivity index (χ2v) is 1.56. The fourth-order valence-corrected chi connectivity index (χ4v) is 0.253. The Hall–Kier alpha value is -0.600. The maximum absolute atomic E-state index is 11.8. The van der Waals surface area contributed by atoms with E-state index in [0.29, 0.717) is 6.92 Å². The van der Waals surface area contributed by atoms with Gasteiger partial charge in [-0.3, -0.25) is 0 Å². The van der Waals surface area contributed by atoms with Crippen molar-refractivity contribution in [3.63, 3.8) is 0 Å². The lowest BCUT2D eigenvalue weighted by atomic mass is 10.3. The molecule has 0 fully saturated rings. The fraction of sp³-hybridized carbons (Fsp3) is 0.600. The van der Waals surface area contributed by atoms with E-state index in [-0.39, 0.29) is 0 Å². The van der Waals surface area contributed by atoms with Crippen molar-refractivity contribution in [3.8, 4) is 0 Å². The van der Waals surface area contributed by atoms with Crippen molar-refractivity contribution in [1.29, 1.82) is 0 Å². The number of aliphatic hydroxyl groups is 1. The van der Waals surface area contributed by atoms with Crippen LogP contribution in [0.2, 0.25) is 0 Å². The van der Waals surface area contributed by atoms with Crippen molar-refractivity contribution in [2.45, 2.75) is 19.8 Å². The zero-order valence-corrected chi connectivity index (χ0v) is 4.78. The van der Waals surface area contributed by atoms with Gasteiger partial charge >= 0.3 is 5.92 Å². The summed E-state index contributed by atoms with van der Waals surface area (Å²) in [5.41, 5.74) is 0. The third-order valence-corrected chi connectivity index (χ3v) is 0.723. The van der Waals surface area contributed by atoms with Gasteiger partial charge in [-0.05, 0) is 13.0 Å². The predicted molar refractivity (Wildman–Crippen MR) is 27.0 cm³/mol. The SMILES string of the molecule is C/C=C(\O)C(C)(F)F. The van der Waals surface area contributed by atoms with Crippen LogP contribution < -0.4 is 0 Å². The minimum Gasteiger partial charge on any atom is -0.507 e. The molecule has 1 nitrogen and oxygen atoms in total. The largest absolute Gasteiger partial charge is 0.507 e. The average molecular weight is 122 g/mol. The molecule has 0 rings (SSSR count). The van der Waals surface area contributed by atoms with Crippen molar-refractivity contribution < 1.29 is 13.9 Å². The van der Waals surface area contributed by atoms with Gasteiger partial charge in [0.2, 0.25) is 0 Å². The van der Waals surface area contributed by atoms with Crippen LogP contribution in [-0.4, -0.2) is 11.0 Å². The van der Waals surface area contributed by atoms with Crippen molar-refractivity contribution in [3.05, 3.63) is 11.8 Å². The Bertz CT molecular complexity index is 101. The molecular formula is C5H8F2O. The van der Waals surface area contributed by atoms with Crippen LogP contribution in [0.5, 0.6) is 0 Å². The van der Waals surface area contributed by atoms with Crippen molar-refractivity contribution in [1.82, 2.24) is 0 Å². The average Bonchev–Trinajstić information content (AvgIpc) is 1.62. The Labute approximate surface area is 46.6 Å². The molecule has 0 radical (unpaired) electrons. The zero-order chi connectivity index (χ0) is 6.78. The van der Waals surface area contributed by atoms with Gasteiger partial charge in [0.25, 0.3) is 0 Å². The standard InChI is InChI=1S/C5H8F2O/c1-3-4(8)5(2,6)7/h3,8H,1-2H3/b4-3-. The third-order valence-electron chi connectivity index (χ3n) is 0.723. The summed E-state index contributed by atoms with van der Waals surface area (Å²) in [5, 5.41) is 8.31. The molecule has 8 heavy (non-hydrogen) atoms. The molecular weight excluding hydrogens is 114 g/mol. The van der Waals surface area contributed by atoms with Gasteiger partial charge in [0.15, 0.2) is 5.76 Å². The van der Waals surface area contributed by atoms with Crippen LogP contribution in [0.4, 0.5) is 8.78 Å². The quantitative estimate of drug-likeness (QED) is 0.528. The number of hydrogen-bond donors (Lipinski definition) is 1. The van der Waals surface area contributed by atoms with Crippen LogP contribution in [0.3, 0.4) is 0 Å². The molecule has 0 unspecified atom stereocenters. The smallest absolute Gasteiger partial charge is 0.300 e. The molecule has 0 aromatic rings. The number of rotatable bonds is 1. The molecule has 0 aliphatic heterocycles. The van der Waals surface area contributed by atoms with Gasteiger partial charge in [-0.15, -0.1) is 0 Å². The van der Waals surface area contributed by atoms with Crippen LogP contribution >= 0.6 is 0 Å². The summed E-state index contributed by atoms with van der Waals surface area (Å²) in [5.74, 6) is -3.95. The highest BCUT2D eigenvalue weighted by molar-refractivity contribution is 4.98. The first kappa shape index (κ1) is 7.40. The third kappa shape index (κ3) is 1.91. The summed E-state index contributed by atoms with van der Waals surface area (Å²) in [6.45, 7) is 2.00. The monoisotopic (exact) mass is 122 g/mol. The van der Waals surface area contributed by atoms with Gasteiger partial charge in [-0.2, -0.15) is 8.78 Å². The number of allylic oxidation sites excluding steroid dienone is 2. The Morgan fingerprint density at radius 3 is 2.00 bits per heavy atom. The van der Waals surface area contributed by atoms with Gasteiger partial charge in [-0.1, -0.05) is 0 Å². The molecule has 0 spiro atoms. The highest BCUT2D eigenvalue weighted by Gasteiger charge is 2.25. The number of hydrogen-bond acceptors (Lipinski definition) is 1. The van der Waals surface area contributed by atoms with E-state index in [2.05, 4.69) is 0 Å². The second kappa shape index (κ2) is 2.11. The number of alkyl halides is 2. The minimum atomic E-state index is -3.07. The van der Waals surface area contributed by atoms with Crippen molar-refractivity contribution in [2.24, 2.45) is 0 Å². The van der Waals surface area contributed by atoms with Crippen LogP contribution in [0.15, 0.2) is 11.8 Å². The topological polar surface area (TPSA) is 20.2 Å². The second-order valence-electron chi connectivity index (χ2n) is 1.56. The van der Waals surface area contributed by atoms with E-state index in [1.165, 1.54) is 6.92 Å². The zero-order valence-electron chi connectivity index (χ0n) is 4.78. The summed E-state index contributed by atoms with van der Waals surface area (Å²) >= 11 is 0. The Morgan fingerprint density at radius 1 is 1.62 bits per heavy atom. The fourth-order valence-electron chi connectivity index (χ4n) is 0.253. The summed E-state index contributed by atoms with van der Waals surface area (Å²) in [4.78, 5) is 0. The molecule has 0 bridgehead atoms. The number of aliphatic hydroxyl groups excluding tert-OH is 1. The summed E-state index contributed by atoms with van der Waals surface area (Å²) in [6, 6.07) is 0. The number of halogens is 2. The van der Waals surface area contributed by atoms with Gasteiger partial charge in [-0.25, -0.2) is 0 Å². The summed E-state index contributed by atoms with van der Waals surface area (Å²) in [7, 11) is 0. The van der Waals surface area contributed by atoms with Crippen LogP contribution in [0.1, 0.15) is 13.8 Å². The van der Waals surface area contributed by atoms with E-state index in [1.54, 1.807) is 0 Å². The van der Waals surface area contributed by atoms with E-state index in [0.717, 1.165) is 6.08 Å². The van der Waals surface area contributed by atoms with Crippen LogP contribution in [-0.2, 0) is 0 Å². The van der Waals surface area contributed by atoms with Gasteiger partial charge < -0.3 is 5.11 Å². The summed E-state index contributed by atoms with van der Waals surface area (Å²) < 4.78 is 23.6. The first-order valence-electron chi connectivity index (χ1n) is 2.22. The molecule has 0 saturated heterocycles. The minimum absolute atomic E-state index is 0.641. The van der Waals surface area contributed by atoms with Gasteiger partial charge in [0, 0.05) is 6.92 Å². The highest BCUT2D eigenvalue weighted by atomic mass is 19.3. The van der Waals surface area contributed by atoms with E-state index >= 15 is 0 Å². The van der Waals surface area contributed by atoms with E-state index in [9.17, 15) is 8.78 Å². The first-order chi connectivity index (χ1) is 3.48. The lowest BCUT2D eigenvalue weighted by molar-refractivity contribution is 0.0185. The molecule has 0 aliphatic rings. The first-order valence-corrected chi connectivity index (χ1v) is 2.22. The molecule has 0 heterocycles. The Balaban J connectivity index is 4.03. The highest BCUT2D eigenvalue weighted by Crippen LogP contribution is 2.19. The maximum Gasteiger partial charge on any atom is 0.300 e. The molecule has 3 heteroatoms. The normalized spacial score (nSPS) is 14.2. The molecule has 0 saturated carbocycles. The molecule has 0 aromatic carbocycles. The Kier molecular flexibility index (Phi) is 1.95. The molecule has 0 aliphatic carbocycles. The lowest BCUT2D eigenvalue weighted by Gasteiger charge is -2.06. The lowest BCUT2D eigenvalue weighted by Crippen LogP contribution is -2.12. The molecule has 1 N–H and O–H groups in total. The molecule has 0 aromatic heterocycles. The van der Waals surface area contributed by atoms with Crippen LogP contribution in [0.25, 0.3) is 0 Å². The van der Waals surface area contributed by atoms with Crippen LogP contribution in [0, 0.1) is 0 Å². The molecule has 0 amide bonds. The molecule has 0 atom stereocenters. The van der Waals surface area contributed by atoms with Crippen molar-refractivity contribution >= 4 is 0 Å². The maximum atomic E-state index is 11.8. The Morgan fingerprint density at radius 2 is 2.00 bits per heavy atom. The van der Waals surface area contributed by atoms with E-state index < -0.39 is 11.7 Å². The summed E-state index contributed by atoms with van der Waals surface area (Å²) in [6.07, 6.45) is 0.972. The van der Waals surface area contributed by atoms with E-state index in [4.69, 9.17) is 5.11 Å². The van der Waals surface area contributed by atoms with Crippen molar-refractivity contribution in [2.75, 3.05) is 0 Å². The predicted octanol–water partition coefficient (Wildman–Crippen LogP) is 2.10.